The normalized spacial score (nSPS) is 16.9. The van der Waals surface area contributed by atoms with Crippen molar-refractivity contribution in [1.29, 1.82) is 0 Å². The molecule has 0 saturated carbocycles. The highest BCUT2D eigenvalue weighted by Crippen LogP contribution is 2.26. The Balaban J connectivity index is 2.12. The molecule has 1 aliphatic carbocycles. The molecule has 20 heavy (non-hydrogen) atoms. The Hall–Kier alpha value is -0.500. The fourth-order valence-electron chi connectivity index (χ4n) is 2.74. The van der Waals surface area contributed by atoms with Gasteiger partial charge < -0.3 is 5.32 Å². The fourth-order valence-corrected chi connectivity index (χ4v) is 3.23. The summed E-state index contributed by atoms with van der Waals surface area (Å²) in [7, 11) is 0. The van der Waals surface area contributed by atoms with Gasteiger partial charge in [0, 0.05) is 16.1 Å². The molecule has 2 rings (SSSR count). The quantitative estimate of drug-likeness (QED) is 0.693. The number of halogens is 2. The summed E-state index contributed by atoms with van der Waals surface area (Å²) in [6.45, 7) is 3.25. The second-order valence-electron chi connectivity index (χ2n) is 5.47. The van der Waals surface area contributed by atoms with E-state index in [9.17, 15) is 0 Å². The van der Waals surface area contributed by atoms with Crippen LogP contribution in [0.5, 0.6) is 0 Å². The second kappa shape index (κ2) is 8.07. The Kier molecular flexibility index (Phi) is 6.41. The maximum atomic E-state index is 6.31. The number of hydrogen-bond acceptors (Lipinski definition) is 1. The number of rotatable bonds is 6. The summed E-state index contributed by atoms with van der Waals surface area (Å²) in [6.07, 6.45) is 9.58. The number of benzene rings is 1. The summed E-state index contributed by atoms with van der Waals surface area (Å²) in [5.74, 6) is 0. The van der Waals surface area contributed by atoms with E-state index in [1.807, 2.05) is 12.1 Å². The first-order valence-electron chi connectivity index (χ1n) is 7.57. The molecule has 0 bridgehead atoms. The molecular weight excluding hydrogens is 289 g/mol. The Bertz CT molecular complexity index is 468. The molecule has 1 N–H and O–H groups in total. The van der Waals surface area contributed by atoms with Crippen LogP contribution in [-0.4, -0.2) is 12.6 Å². The van der Waals surface area contributed by atoms with Crippen LogP contribution in [-0.2, 0) is 6.42 Å². The molecule has 1 aromatic rings. The first-order valence-corrected chi connectivity index (χ1v) is 8.32. The lowest BCUT2D eigenvalue weighted by Crippen LogP contribution is -2.34. The van der Waals surface area contributed by atoms with Crippen molar-refractivity contribution in [3.63, 3.8) is 0 Å². The van der Waals surface area contributed by atoms with Gasteiger partial charge in [0.25, 0.3) is 0 Å². The molecule has 1 atom stereocenters. The summed E-state index contributed by atoms with van der Waals surface area (Å²) in [6, 6.07) is 6.22. The van der Waals surface area contributed by atoms with Crippen LogP contribution in [0.2, 0.25) is 10.0 Å². The number of hydrogen-bond donors (Lipinski definition) is 1. The Morgan fingerprint density at radius 2 is 2.10 bits per heavy atom. The SMILES string of the molecule is CCCNC(Cc1ccc(Cl)cc1Cl)C1=CCCCC1. The lowest BCUT2D eigenvalue weighted by atomic mass is 9.90. The second-order valence-corrected chi connectivity index (χ2v) is 6.32. The molecule has 0 aromatic heterocycles. The molecule has 1 aromatic carbocycles. The van der Waals surface area contributed by atoms with Crippen molar-refractivity contribution >= 4 is 23.2 Å². The van der Waals surface area contributed by atoms with Crippen molar-refractivity contribution in [2.24, 2.45) is 0 Å². The first kappa shape index (κ1) is 15.9. The summed E-state index contributed by atoms with van der Waals surface area (Å²) >= 11 is 12.3. The Morgan fingerprint density at radius 3 is 2.75 bits per heavy atom. The van der Waals surface area contributed by atoms with Crippen molar-refractivity contribution < 1.29 is 0 Å². The molecule has 0 heterocycles. The van der Waals surface area contributed by atoms with E-state index < -0.39 is 0 Å². The van der Waals surface area contributed by atoms with E-state index in [1.54, 1.807) is 5.57 Å². The van der Waals surface area contributed by atoms with Crippen LogP contribution in [0.4, 0.5) is 0 Å². The molecule has 110 valence electrons. The third-order valence-electron chi connectivity index (χ3n) is 3.85. The zero-order valence-electron chi connectivity index (χ0n) is 12.1. The average molecular weight is 312 g/mol. The molecule has 1 aliphatic rings. The zero-order valence-corrected chi connectivity index (χ0v) is 13.6. The van der Waals surface area contributed by atoms with Crippen LogP contribution in [0.25, 0.3) is 0 Å². The van der Waals surface area contributed by atoms with Crippen molar-refractivity contribution in [3.8, 4) is 0 Å². The summed E-state index contributed by atoms with van der Waals surface area (Å²) in [5, 5.41) is 5.15. The van der Waals surface area contributed by atoms with E-state index in [1.165, 1.54) is 31.2 Å². The predicted octanol–water partition coefficient (Wildman–Crippen LogP) is 5.40. The Labute approximate surface area is 132 Å². The van der Waals surface area contributed by atoms with E-state index >= 15 is 0 Å². The van der Waals surface area contributed by atoms with Crippen LogP contribution in [0, 0.1) is 0 Å². The van der Waals surface area contributed by atoms with Crippen LogP contribution >= 0.6 is 23.2 Å². The standard InChI is InChI=1S/C17H23Cl2N/c1-2-10-20-17(13-6-4-3-5-7-13)11-14-8-9-15(18)12-16(14)19/h6,8-9,12,17,20H,2-5,7,10-11H2,1H3. The van der Waals surface area contributed by atoms with Gasteiger partial charge in [-0.25, -0.2) is 0 Å². The van der Waals surface area contributed by atoms with E-state index in [0.717, 1.165) is 24.4 Å². The topological polar surface area (TPSA) is 12.0 Å². The minimum Gasteiger partial charge on any atom is -0.310 e. The van der Waals surface area contributed by atoms with E-state index in [4.69, 9.17) is 23.2 Å². The van der Waals surface area contributed by atoms with Crippen molar-refractivity contribution in [3.05, 3.63) is 45.5 Å². The Morgan fingerprint density at radius 1 is 1.25 bits per heavy atom. The molecule has 0 amide bonds. The van der Waals surface area contributed by atoms with E-state index in [0.29, 0.717) is 11.1 Å². The number of allylic oxidation sites excluding steroid dienone is 1. The van der Waals surface area contributed by atoms with Crippen molar-refractivity contribution in [2.75, 3.05) is 6.54 Å². The van der Waals surface area contributed by atoms with Gasteiger partial charge in [-0.2, -0.15) is 0 Å². The molecule has 0 radical (unpaired) electrons. The van der Waals surface area contributed by atoms with Gasteiger partial charge in [-0.1, -0.05) is 47.8 Å². The molecule has 0 aliphatic heterocycles. The van der Waals surface area contributed by atoms with Gasteiger partial charge in [-0.3, -0.25) is 0 Å². The third-order valence-corrected chi connectivity index (χ3v) is 4.44. The van der Waals surface area contributed by atoms with Crippen LogP contribution < -0.4 is 5.32 Å². The molecule has 3 heteroatoms. The van der Waals surface area contributed by atoms with Gasteiger partial charge in [-0.05, 0) is 62.8 Å². The summed E-state index contributed by atoms with van der Waals surface area (Å²) < 4.78 is 0. The molecule has 0 spiro atoms. The predicted molar refractivity (Wildman–Crippen MR) is 88.8 cm³/mol. The van der Waals surface area contributed by atoms with Gasteiger partial charge >= 0.3 is 0 Å². The zero-order chi connectivity index (χ0) is 14.4. The monoisotopic (exact) mass is 311 g/mol. The minimum atomic E-state index is 0.411. The van der Waals surface area contributed by atoms with Crippen molar-refractivity contribution in [1.82, 2.24) is 5.32 Å². The molecule has 1 nitrogen and oxygen atoms in total. The lowest BCUT2D eigenvalue weighted by molar-refractivity contribution is 0.526. The molecule has 0 fully saturated rings. The van der Waals surface area contributed by atoms with Crippen LogP contribution in [0.1, 0.15) is 44.6 Å². The fraction of sp³-hybridized carbons (Fsp3) is 0.529. The van der Waals surface area contributed by atoms with Gasteiger partial charge in [0.2, 0.25) is 0 Å². The number of nitrogens with one attached hydrogen (secondary N) is 1. The first-order chi connectivity index (χ1) is 9.70. The van der Waals surface area contributed by atoms with E-state index in [2.05, 4.69) is 24.4 Å². The summed E-state index contributed by atoms with van der Waals surface area (Å²) in [4.78, 5) is 0. The van der Waals surface area contributed by atoms with Gasteiger partial charge in [0.15, 0.2) is 0 Å². The highest BCUT2D eigenvalue weighted by Gasteiger charge is 2.17. The van der Waals surface area contributed by atoms with Crippen molar-refractivity contribution in [2.45, 2.75) is 51.5 Å². The molecule has 1 unspecified atom stereocenters. The maximum absolute atomic E-state index is 6.31. The largest absolute Gasteiger partial charge is 0.310 e. The smallest absolute Gasteiger partial charge is 0.0453 e. The average Bonchev–Trinajstić information content (AvgIpc) is 2.46. The highest BCUT2D eigenvalue weighted by molar-refractivity contribution is 6.35. The minimum absolute atomic E-state index is 0.411. The molecule has 0 saturated heterocycles. The van der Waals surface area contributed by atoms with Gasteiger partial charge in [0.1, 0.15) is 0 Å². The van der Waals surface area contributed by atoms with Crippen LogP contribution in [0.15, 0.2) is 29.8 Å². The lowest BCUT2D eigenvalue weighted by Gasteiger charge is -2.25. The summed E-state index contributed by atoms with van der Waals surface area (Å²) in [5.41, 5.74) is 2.73. The maximum Gasteiger partial charge on any atom is 0.0453 e. The van der Waals surface area contributed by atoms with E-state index in [-0.39, 0.29) is 0 Å². The molecular formula is C17H23Cl2N. The van der Waals surface area contributed by atoms with Crippen LogP contribution in [0.3, 0.4) is 0 Å². The highest BCUT2D eigenvalue weighted by atomic mass is 35.5. The van der Waals surface area contributed by atoms with Gasteiger partial charge in [0.05, 0.1) is 0 Å². The van der Waals surface area contributed by atoms with Gasteiger partial charge in [-0.15, -0.1) is 0 Å². The third kappa shape index (κ3) is 4.51.